The van der Waals surface area contributed by atoms with E-state index >= 15 is 0 Å². The summed E-state index contributed by atoms with van der Waals surface area (Å²) in [4.78, 5) is 4.58. The van der Waals surface area contributed by atoms with E-state index in [-0.39, 0.29) is 23.1 Å². The number of rotatable bonds is 7. The van der Waals surface area contributed by atoms with Crippen LogP contribution in [0.5, 0.6) is 5.75 Å². The van der Waals surface area contributed by atoms with E-state index in [9.17, 15) is 17.9 Å². The Morgan fingerprint density at radius 2 is 1.70 bits per heavy atom. The lowest BCUT2D eigenvalue weighted by Crippen LogP contribution is -2.33. The number of nitrogens with zero attached hydrogens (tertiary/aromatic N) is 1. The van der Waals surface area contributed by atoms with Gasteiger partial charge in [-0.3, -0.25) is 0 Å². The van der Waals surface area contributed by atoms with Crippen molar-refractivity contribution < 1.29 is 31.8 Å². The highest BCUT2D eigenvalue weighted by molar-refractivity contribution is 7.89. The minimum absolute atomic E-state index is 0.0197. The lowest BCUT2D eigenvalue weighted by Gasteiger charge is -2.32. The van der Waals surface area contributed by atoms with Gasteiger partial charge in [-0.05, 0) is 42.0 Å². The molecule has 3 aromatic carbocycles. The molecule has 0 unspecified atom stereocenters. The van der Waals surface area contributed by atoms with Gasteiger partial charge in [0.05, 0.1) is 10.5 Å². The zero-order chi connectivity index (χ0) is 26.0. The van der Waals surface area contributed by atoms with E-state index in [0.717, 1.165) is 5.56 Å². The Balaban J connectivity index is 1.44. The second kappa shape index (κ2) is 10.1. The van der Waals surface area contributed by atoms with Crippen LogP contribution in [0.3, 0.4) is 0 Å². The van der Waals surface area contributed by atoms with Gasteiger partial charge in [0.1, 0.15) is 17.3 Å². The fraction of sp³-hybridized carbons (Fsp3) is 0.222. The molecule has 10 heteroatoms. The van der Waals surface area contributed by atoms with Gasteiger partial charge in [-0.25, -0.2) is 22.9 Å². The van der Waals surface area contributed by atoms with Crippen molar-refractivity contribution in [2.45, 2.75) is 29.9 Å². The number of aromatic nitrogens is 1. The van der Waals surface area contributed by atoms with Crippen molar-refractivity contribution in [3.8, 4) is 28.3 Å². The van der Waals surface area contributed by atoms with Crippen LogP contribution in [0.15, 0.2) is 82.1 Å². The number of ether oxygens (including phenoxy) is 2. The molecule has 192 valence electrons. The first kappa shape index (κ1) is 25.1. The summed E-state index contributed by atoms with van der Waals surface area (Å²) in [6.45, 7) is 0.686. The number of hydrogen-bond donors (Lipinski definition) is 2. The molecule has 1 fully saturated rings. The van der Waals surface area contributed by atoms with Crippen molar-refractivity contribution in [2.75, 3.05) is 13.2 Å². The highest BCUT2D eigenvalue weighted by Gasteiger charge is 2.32. The fourth-order valence-corrected chi connectivity index (χ4v) is 4.78. The molecule has 1 aromatic heterocycles. The van der Waals surface area contributed by atoms with Crippen molar-refractivity contribution >= 4 is 10.0 Å². The first-order chi connectivity index (χ1) is 17.7. The van der Waals surface area contributed by atoms with Gasteiger partial charge in [-0.1, -0.05) is 30.3 Å². The summed E-state index contributed by atoms with van der Waals surface area (Å²) in [5, 5.41) is 16.2. The fourth-order valence-electron chi connectivity index (χ4n) is 4.27. The van der Waals surface area contributed by atoms with Gasteiger partial charge in [0, 0.05) is 43.2 Å². The third kappa shape index (κ3) is 5.57. The molecule has 3 N–H and O–H groups in total. The first-order valence-electron chi connectivity index (χ1n) is 11.6. The van der Waals surface area contributed by atoms with Gasteiger partial charge < -0.3 is 19.0 Å². The van der Waals surface area contributed by atoms with Crippen LogP contribution in [0, 0.1) is 5.82 Å². The molecule has 1 aliphatic rings. The van der Waals surface area contributed by atoms with Crippen molar-refractivity contribution in [1.82, 2.24) is 4.98 Å². The predicted octanol–water partition coefficient (Wildman–Crippen LogP) is 4.37. The lowest BCUT2D eigenvalue weighted by atomic mass is 9.86. The summed E-state index contributed by atoms with van der Waals surface area (Å²) in [6.07, 6.45) is 0.730. The Hall–Kier alpha value is -3.57. The third-order valence-electron chi connectivity index (χ3n) is 6.25. The maximum atomic E-state index is 14.4. The van der Waals surface area contributed by atoms with Crippen molar-refractivity contribution in [3.63, 3.8) is 0 Å². The second-order valence-electron chi connectivity index (χ2n) is 8.83. The largest absolute Gasteiger partial charge is 0.484 e. The third-order valence-corrected chi connectivity index (χ3v) is 7.18. The minimum atomic E-state index is -3.84. The zero-order valence-corrected chi connectivity index (χ0v) is 20.6. The average molecular weight is 525 g/mol. The number of benzene rings is 3. The summed E-state index contributed by atoms with van der Waals surface area (Å²) in [5.74, 6) is 0.357. The molecule has 4 aromatic rings. The Morgan fingerprint density at radius 3 is 2.38 bits per heavy atom. The van der Waals surface area contributed by atoms with E-state index in [0.29, 0.717) is 48.6 Å². The molecule has 0 spiro atoms. The summed E-state index contributed by atoms with van der Waals surface area (Å²) >= 11 is 0. The lowest BCUT2D eigenvalue weighted by molar-refractivity contribution is -0.0681. The van der Waals surface area contributed by atoms with E-state index in [1.807, 2.05) is 30.3 Å². The highest BCUT2D eigenvalue weighted by atomic mass is 32.2. The summed E-state index contributed by atoms with van der Waals surface area (Å²) in [7, 11) is -3.84. The summed E-state index contributed by atoms with van der Waals surface area (Å²) in [6, 6.07) is 19.5. The second-order valence-corrected chi connectivity index (χ2v) is 10.4. The molecule has 5 rings (SSSR count). The quantitative estimate of drug-likeness (QED) is 0.368. The number of primary sulfonamides is 1. The summed E-state index contributed by atoms with van der Waals surface area (Å²) in [5.41, 5.74) is 1.17. The minimum Gasteiger partial charge on any atom is -0.484 e. The number of nitrogens with two attached hydrogens (primary N) is 1. The van der Waals surface area contributed by atoms with Crippen molar-refractivity contribution in [1.29, 1.82) is 0 Å². The number of hydrogen-bond acceptors (Lipinski definition) is 7. The van der Waals surface area contributed by atoms with Crippen LogP contribution in [0.2, 0.25) is 0 Å². The normalized spacial score (nSPS) is 15.4. The van der Waals surface area contributed by atoms with Crippen molar-refractivity contribution in [3.05, 3.63) is 90.1 Å². The Morgan fingerprint density at radius 1 is 1.00 bits per heavy atom. The van der Waals surface area contributed by atoms with E-state index in [4.69, 9.17) is 19.0 Å². The van der Waals surface area contributed by atoms with Crippen LogP contribution in [-0.2, 0) is 27.0 Å². The van der Waals surface area contributed by atoms with Gasteiger partial charge in [0.2, 0.25) is 15.9 Å². The molecular formula is C27H25FN2O6S. The topological polar surface area (TPSA) is 125 Å². The maximum Gasteiger partial charge on any atom is 0.238 e. The molecule has 0 atom stereocenters. The molecule has 2 heterocycles. The Labute approximate surface area is 213 Å². The van der Waals surface area contributed by atoms with E-state index in [2.05, 4.69) is 4.98 Å². The highest BCUT2D eigenvalue weighted by Crippen LogP contribution is 2.36. The SMILES string of the molecule is NS(=O)(=O)c1ccc(-c2oc(COc3cc(F)cc(C4(O)CCOCC4)c3)nc2-c2ccccc2)cc1. The van der Waals surface area contributed by atoms with Crippen LogP contribution < -0.4 is 9.88 Å². The van der Waals surface area contributed by atoms with Gasteiger partial charge in [0.25, 0.3) is 0 Å². The van der Waals surface area contributed by atoms with Crippen LogP contribution >= 0.6 is 0 Å². The molecule has 37 heavy (non-hydrogen) atoms. The van der Waals surface area contributed by atoms with Crippen LogP contribution in [0.4, 0.5) is 4.39 Å². The zero-order valence-electron chi connectivity index (χ0n) is 19.8. The van der Waals surface area contributed by atoms with E-state index in [1.54, 1.807) is 18.2 Å². The molecule has 0 amide bonds. The molecule has 1 saturated heterocycles. The molecular weight excluding hydrogens is 499 g/mol. The van der Waals surface area contributed by atoms with Crippen LogP contribution in [0.1, 0.15) is 24.3 Å². The molecule has 1 aliphatic heterocycles. The molecule has 8 nitrogen and oxygen atoms in total. The van der Waals surface area contributed by atoms with Gasteiger partial charge >= 0.3 is 0 Å². The Bertz CT molecular complexity index is 1500. The average Bonchev–Trinajstić information content (AvgIpc) is 3.32. The smallest absolute Gasteiger partial charge is 0.238 e. The summed E-state index contributed by atoms with van der Waals surface area (Å²) < 4.78 is 54.8. The molecule has 0 bridgehead atoms. The molecule has 0 radical (unpaired) electrons. The van der Waals surface area contributed by atoms with E-state index in [1.165, 1.54) is 24.3 Å². The molecule has 0 aliphatic carbocycles. The number of oxazole rings is 1. The maximum absolute atomic E-state index is 14.4. The standard InChI is InChI=1S/C27H25FN2O6S/c28-21-14-20(27(31)10-12-34-13-11-27)15-22(16-21)35-17-24-30-25(18-4-2-1-3-5-18)26(36-24)19-6-8-23(9-7-19)37(29,32)33/h1-9,14-16,31H,10-13,17H2,(H2,29,32,33). The van der Waals surface area contributed by atoms with Gasteiger partial charge in [-0.15, -0.1) is 0 Å². The monoisotopic (exact) mass is 524 g/mol. The number of halogens is 1. The molecule has 0 saturated carbocycles. The predicted molar refractivity (Wildman–Crippen MR) is 133 cm³/mol. The number of aliphatic hydroxyl groups is 1. The van der Waals surface area contributed by atoms with Crippen LogP contribution in [0.25, 0.3) is 22.6 Å². The van der Waals surface area contributed by atoms with Gasteiger partial charge in [-0.2, -0.15) is 0 Å². The number of sulfonamides is 1. The first-order valence-corrected chi connectivity index (χ1v) is 13.2. The van der Waals surface area contributed by atoms with Crippen molar-refractivity contribution in [2.24, 2.45) is 5.14 Å². The Kier molecular flexibility index (Phi) is 6.82. The van der Waals surface area contributed by atoms with Gasteiger partial charge in [0.15, 0.2) is 12.4 Å². The van der Waals surface area contributed by atoms with E-state index < -0.39 is 21.4 Å². The van der Waals surface area contributed by atoms with Crippen LogP contribution in [-0.4, -0.2) is 31.7 Å².